The van der Waals surface area contributed by atoms with Crippen LogP contribution in [-0.2, 0) is 23.5 Å². The molecule has 0 aliphatic carbocycles. The highest BCUT2D eigenvalue weighted by Crippen LogP contribution is 2.26. The largest absolute Gasteiger partial charge is 0.354 e. The number of hydrogen-bond donors (Lipinski definition) is 1. The first kappa shape index (κ1) is 20.1. The fourth-order valence-corrected chi connectivity index (χ4v) is 4.13. The average Bonchev–Trinajstić information content (AvgIpc) is 3.11. The van der Waals surface area contributed by atoms with E-state index in [0.29, 0.717) is 34.2 Å². The molecule has 0 fully saturated rings. The highest BCUT2D eigenvalue weighted by atomic mass is 32.2. The van der Waals surface area contributed by atoms with Crippen LogP contribution in [0.5, 0.6) is 0 Å². The van der Waals surface area contributed by atoms with E-state index < -0.39 is 0 Å². The molecule has 1 N–H and O–H groups in total. The normalized spacial score (nSPS) is 11.0. The van der Waals surface area contributed by atoms with Crippen LogP contribution < -0.4 is 5.32 Å². The molecule has 0 spiro atoms. The molecule has 4 aromatic rings. The van der Waals surface area contributed by atoms with Crippen molar-refractivity contribution in [1.29, 1.82) is 0 Å². The van der Waals surface area contributed by atoms with Gasteiger partial charge in [0.15, 0.2) is 10.8 Å². The van der Waals surface area contributed by atoms with Gasteiger partial charge in [0, 0.05) is 18.5 Å². The van der Waals surface area contributed by atoms with Crippen LogP contribution in [0.2, 0.25) is 0 Å². The number of thioether (sulfide) groups is 1. The minimum absolute atomic E-state index is 0.108. The van der Waals surface area contributed by atoms with Crippen LogP contribution in [0.15, 0.2) is 78.1 Å². The number of nitrogens with one attached hydrogen (secondary N) is 1. The summed E-state index contributed by atoms with van der Waals surface area (Å²) in [7, 11) is 0. The van der Waals surface area contributed by atoms with Gasteiger partial charge in [0.1, 0.15) is 17.9 Å². The Morgan fingerprint density at radius 3 is 2.67 bits per heavy atom. The first-order valence-corrected chi connectivity index (χ1v) is 10.7. The number of amides is 1. The van der Waals surface area contributed by atoms with Gasteiger partial charge in [0.05, 0.1) is 0 Å². The zero-order chi connectivity index (χ0) is 20.8. The molecular formula is C23H21FN4OS. The number of rotatable bonds is 8. The fourth-order valence-electron chi connectivity index (χ4n) is 3.14. The van der Waals surface area contributed by atoms with Crippen molar-refractivity contribution >= 4 is 28.8 Å². The predicted molar refractivity (Wildman–Crippen MR) is 117 cm³/mol. The number of imidazole rings is 1. The standard InChI is InChI=1S/C23H21FN4OS/c24-19-10-5-4-9-18(19)16-30-23-27-20-11-6-13-26-22(20)28(23)15-21(29)25-14-12-17-7-2-1-3-8-17/h1-11,13H,12,14-16H2,(H,25,29). The highest BCUT2D eigenvalue weighted by molar-refractivity contribution is 7.98. The quantitative estimate of drug-likeness (QED) is 0.434. The van der Waals surface area contributed by atoms with Gasteiger partial charge in [-0.2, -0.15) is 0 Å². The molecular weight excluding hydrogens is 399 g/mol. The van der Waals surface area contributed by atoms with Crippen molar-refractivity contribution in [2.45, 2.75) is 23.9 Å². The van der Waals surface area contributed by atoms with E-state index in [1.807, 2.05) is 48.5 Å². The topological polar surface area (TPSA) is 59.8 Å². The van der Waals surface area contributed by atoms with E-state index in [2.05, 4.69) is 15.3 Å². The summed E-state index contributed by atoms with van der Waals surface area (Å²) >= 11 is 1.39. The zero-order valence-electron chi connectivity index (χ0n) is 16.3. The lowest BCUT2D eigenvalue weighted by atomic mass is 10.1. The summed E-state index contributed by atoms with van der Waals surface area (Å²) in [5.41, 5.74) is 3.13. The van der Waals surface area contributed by atoms with E-state index in [1.165, 1.54) is 23.4 Å². The van der Waals surface area contributed by atoms with Crippen molar-refractivity contribution in [2.75, 3.05) is 6.54 Å². The molecule has 1 amide bonds. The summed E-state index contributed by atoms with van der Waals surface area (Å²) in [4.78, 5) is 21.6. The molecule has 5 nitrogen and oxygen atoms in total. The lowest BCUT2D eigenvalue weighted by Gasteiger charge is -2.10. The van der Waals surface area contributed by atoms with Gasteiger partial charge in [0.2, 0.25) is 5.91 Å². The molecule has 0 radical (unpaired) electrons. The number of pyridine rings is 1. The van der Waals surface area contributed by atoms with E-state index in [-0.39, 0.29) is 18.3 Å². The number of hydrogen-bond acceptors (Lipinski definition) is 4. The van der Waals surface area contributed by atoms with Gasteiger partial charge in [-0.1, -0.05) is 60.3 Å². The van der Waals surface area contributed by atoms with Gasteiger partial charge in [0.25, 0.3) is 0 Å². The molecule has 0 saturated carbocycles. The van der Waals surface area contributed by atoms with E-state index in [0.717, 1.165) is 6.42 Å². The number of fused-ring (bicyclic) bond motifs is 1. The second-order valence-electron chi connectivity index (χ2n) is 6.79. The SMILES string of the molecule is O=C(Cn1c(SCc2ccccc2F)nc2cccnc21)NCCc1ccccc1. The van der Waals surface area contributed by atoms with Gasteiger partial charge < -0.3 is 5.32 Å². The van der Waals surface area contributed by atoms with Crippen LogP contribution in [0.25, 0.3) is 11.2 Å². The van der Waals surface area contributed by atoms with Gasteiger partial charge in [-0.05, 0) is 35.7 Å². The van der Waals surface area contributed by atoms with Crippen molar-refractivity contribution in [3.05, 3.63) is 89.9 Å². The maximum absolute atomic E-state index is 14.0. The highest BCUT2D eigenvalue weighted by Gasteiger charge is 2.15. The third-order valence-corrected chi connectivity index (χ3v) is 5.69. The maximum Gasteiger partial charge on any atom is 0.240 e. The first-order chi connectivity index (χ1) is 14.7. The molecule has 0 aliphatic heterocycles. The maximum atomic E-state index is 14.0. The summed E-state index contributed by atoms with van der Waals surface area (Å²) in [5.74, 6) is 0.0686. The lowest BCUT2D eigenvalue weighted by molar-refractivity contribution is -0.121. The second-order valence-corrected chi connectivity index (χ2v) is 7.73. The first-order valence-electron chi connectivity index (χ1n) is 9.69. The molecule has 0 saturated heterocycles. The molecule has 2 aromatic heterocycles. The Morgan fingerprint density at radius 1 is 1.03 bits per heavy atom. The minimum Gasteiger partial charge on any atom is -0.354 e. The summed E-state index contributed by atoms with van der Waals surface area (Å²) in [6.45, 7) is 0.669. The van der Waals surface area contributed by atoms with Crippen LogP contribution in [-0.4, -0.2) is 27.0 Å². The van der Waals surface area contributed by atoms with Crippen molar-refractivity contribution in [3.8, 4) is 0 Å². The van der Waals surface area contributed by atoms with Crippen LogP contribution in [0, 0.1) is 5.82 Å². The van der Waals surface area contributed by atoms with Crippen LogP contribution in [0.4, 0.5) is 4.39 Å². The Labute approximate surface area is 178 Å². The smallest absolute Gasteiger partial charge is 0.240 e. The second kappa shape index (κ2) is 9.54. The fraction of sp³-hybridized carbons (Fsp3) is 0.174. The van der Waals surface area contributed by atoms with Crippen molar-refractivity contribution < 1.29 is 9.18 Å². The number of carbonyl (C=O) groups is 1. The Hall–Kier alpha value is -3.19. The molecule has 30 heavy (non-hydrogen) atoms. The number of aromatic nitrogens is 3. The average molecular weight is 421 g/mol. The van der Waals surface area contributed by atoms with Crippen LogP contribution in [0.1, 0.15) is 11.1 Å². The van der Waals surface area contributed by atoms with Gasteiger partial charge in [-0.3, -0.25) is 9.36 Å². The van der Waals surface area contributed by atoms with E-state index in [1.54, 1.807) is 22.9 Å². The molecule has 0 aliphatic rings. The van der Waals surface area contributed by atoms with Gasteiger partial charge in [-0.25, -0.2) is 14.4 Å². The van der Waals surface area contributed by atoms with Gasteiger partial charge >= 0.3 is 0 Å². The number of nitrogens with zero attached hydrogens (tertiary/aromatic N) is 3. The zero-order valence-corrected chi connectivity index (χ0v) is 17.1. The summed E-state index contributed by atoms with van der Waals surface area (Å²) in [6.07, 6.45) is 2.45. The third kappa shape index (κ3) is 4.86. The number of halogens is 1. The number of carbonyl (C=O) groups excluding carboxylic acids is 1. The molecule has 0 bridgehead atoms. The molecule has 0 atom stereocenters. The van der Waals surface area contributed by atoms with Crippen LogP contribution >= 0.6 is 11.8 Å². The van der Waals surface area contributed by atoms with E-state index in [9.17, 15) is 9.18 Å². The van der Waals surface area contributed by atoms with Gasteiger partial charge in [-0.15, -0.1) is 0 Å². The molecule has 2 aromatic carbocycles. The molecule has 152 valence electrons. The molecule has 7 heteroatoms. The predicted octanol–water partition coefficient (Wildman–Crippen LogP) is 4.22. The van der Waals surface area contributed by atoms with E-state index >= 15 is 0 Å². The Morgan fingerprint density at radius 2 is 1.83 bits per heavy atom. The third-order valence-electron chi connectivity index (χ3n) is 4.66. The van der Waals surface area contributed by atoms with Crippen LogP contribution in [0.3, 0.4) is 0 Å². The summed E-state index contributed by atoms with van der Waals surface area (Å²) in [6, 6.07) is 20.4. The lowest BCUT2D eigenvalue weighted by Crippen LogP contribution is -2.29. The monoisotopic (exact) mass is 420 g/mol. The molecule has 4 rings (SSSR count). The minimum atomic E-state index is -0.246. The summed E-state index contributed by atoms with van der Waals surface area (Å²) < 4.78 is 15.8. The van der Waals surface area contributed by atoms with Crippen molar-refractivity contribution in [3.63, 3.8) is 0 Å². The Balaban J connectivity index is 1.46. The molecule has 0 unspecified atom stereocenters. The Bertz CT molecular complexity index is 1150. The van der Waals surface area contributed by atoms with E-state index in [4.69, 9.17) is 0 Å². The van der Waals surface area contributed by atoms with Crippen molar-refractivity contribution in [1.82, 2.24) is 19.9 Å². The molecule has 2 heterocycles. The Kier molecular flexibility index (Phi) is 6.39. The van der Waals surface area contributed by atoms with Crippen molar-refractivity contribution in [2.24, 2.45) is 0 Å². The summed E-state index contributed by atoms with van der Waals surface area (Å²) in [5, 5.41) is 3.60. The number of benzene rings is 2.